The Balaban J connectivity index is 1.22. The highest BCUT2D eigenvalue weighted by atomic mass is 16.3. The van der Waals surface area contributed by atoms with Crippen molar-refractivity contribution >= 4 is 0 Å². The van der Waals surface area contributed by atoms with E-state index in [-0.39, 0.29) is 6.61 Å². The molecule has 2 aromatic rings. The summed E-state index contributed by atoms with van der Waals surface area (Å²) < 4.78 is 0. The summed E-state index contributed by atoms with van der Waals surface area (Å²) in [5, 5.41) is 12.6. The van der Waals surface area contributed by atoms with Crippen LogP contribution >= 0.6 is 0 Å². The summed E-state index contributed by atoms with van der Waals surface area (Å²) in [7, 11) is 0. The van der Waals surface area contributed by atoms with Crippen LogP contribution in [0.1, 0.15) is 37.2 Å². The van der Waals surface area contributed by atoms with Gasteiger partial charge in [0.05, 0.1) is 6.61 Å². The second-order valence-corrected chi connectivity index (χ2v) is 8.89. The van der Waals surface area contributed by atoms with Crippen LogP contribution in [0.4, 0.5) is 0 Å². The van der Waals surface area contributed by atoms with Gasteiger partial charge in [0.25, 0.3) is 0 Å². The second kappa shape index (κ2) is 11.5. The summed E-state index contributed by atoms with van der Waals surface area (Å²) >= 11 is 0. The summed E-state index contributed by atoms with van der Waals surface area (Å²) in [5.74, 6) is 0.656. The van der Waals surface area contributed by atoms with Crippen molar-refractivity contribution in [1.82, 2.24) is 15.1 Å². The number of nitrogens with zero attached hydrogens (tertiary/aromatic N) is 2. The molecule has 0 radical (unpaired) electrons. The normalized spacial score (nSPS) is 20.5. The van der Waals surface area contributed by atoms with Crippen molar-refractivity contribution in [2.75, 3.05) is 52.4 Å². The lowest BCUT2D eigenvalue weighted by Gasteiger charge is -2.34. The van der Waals surface area contributed by atoms with E-state index in [9.17, 15) is 0 Å². The first kappa shape index (κ1) is 22.1. The molecule has 2 aromatic carbocycles. The predicted molar refractivity (Wildman–Crippen MR) is 129 cm³/mol. The first-order chi connectivity index (χ1) is 15.3. The average molecular weight is 420 g/mol. The molecule has 0 unspecified atom stereocenters. The van der Waals surface area contributed by atoms with E-state index in [4.69, 9.17) is 5.11 Å². The maximum absolute atomic E-state index is 9.06. The maximum atomic E-state index is 9.06. The molecule has 2 aliphatic rings. The molecular formula is C27H37N3O. The van der Waals surface area contributed by atoms with E-state index in [0.717, 1.165) is 45.8 Å². The van der Waals surface area contributed by atoms with E-state index < -0.39 is 0 Å². The number of aliphatic hydroxyl groups excluding tert-OH is 1. The molecule has 4 rings (SSSR count). The van der Waals surface area contributed by atoms with Crippen molar-refractivity contribution in [1.29, 1.82) is 0 Å². The first-order valence-corrected chi connectivity index (χ1v) is 11.9. The molecule has 0 spiro atoms. The van der Waals surface area contributed by atoms with Crippen molar-refractivity contribution in [2.45, 2.75) is 31.6 Å². The van der Waals surface area contributed by atoms with Gasteiger partial charge in [0, 0.05) is 45.8 Å². The molecular weight excluding hydrogens is 382 g/mol. The summed E-state index contributed by atoms with van der Waals surface area (Å²) in [6.07, 6.45) is 7.16. The Hall–Kier alpha value is -2.14. The van der Waals surface area contributed by atoms with Crippen LogP contribution in [0.15, 0.2) is 66.4 Å². The van der Waals surface area contributed by atoms with Gasteiger partial charge in [0.1, 0.15) is 0 Å². The Morgan fingerprint density at radius 2 is 1.48 bits per heavy atom. The number of hydrogen-bond donors (Lipinski definition) is 2. The van der Waals surface area contributed by atoms with Crippen molar-refractivity contribution in [3.63, 3.8) is 0 Å². The summed E-state index contributed by atoms with van der Waals surface area (Å²) in [6, 6.07) is 19.8. The molecule has 166 valence electrons. The quantitative estimate of drug-likeness (QED) is 0.632. The molecule has 0 bridgehead atoms. The first-order valence-electron chi connectivity index (χ1n) is 11.9. The number of nitrogens with one attached hydrogen (secondary N) is 1. The molecule has 1 aliphatic carbocycles. The Morgan fingerprint density at radius 3 is 2.19 bits per heavy atom. The number of allylic oxidation sites excluding steroid dienone is 1. The number of aliphatic hydroxyl groups is 1. The highest BCUT2D eigenvalue weighted by Crippen LogP contribution is 2.39. The largest absolute Gasteiger partial charge is 0.395 e. The van der Waals surface area contributed by atoms with Crippen molar-refractivity contribution < 1.29 is 5.11 Å². The number of piperazine rings is 1. The van der Waals surface area contributed by atoms with Crippen LogP contribution in [-0.2, 0) is 0 Å². The van der Waals surface area contributed by atoms with Gasteiger partial charge >= 0.3 is 0 Å². The molecule has 2 N–H and O–H groups in total. The van der Waals surface area contributed by atoms with Crippen LogP contribution in [-0.4, -0.2) is 67.3 Å². The topological polar surface area (TPSA) is 38.7 Å². The van der Waals surface area contributed by atoms with E-state index in [2.05, 4.69) is 75.9 Å². The van der Waals surface area contributed by atoms with Gasteiger partial charge < -0.3 is 10.4 Å². The smallest absolute Gasteiger partial charge is 0.0558 e. The van der Waals surface area contributed by atoms with Gasteiger partial charge in [-0.2, -0.15) is 0 Å². The minimum absolute atomic E-state index is 0.272. The fourth-order valence-corrected chi connectivity index (χ4v) is 4.99. The van der Waals surface area contributed by atoms with E-state index in [0.29, 0.717) is 5.92 Å². The standard InChI is InChI=1S/C27H37N3O/c31-21-20-30-18-16-29(17-19-30)15-14-28-22-23-10-12-25(13-11-23)27-9-5-4-8-26(27)24-6-2-1-3-7-24/h1-9,22,25,28,31H,10-21H2. The van der Waals surface area contributed by atoms with Crippen LogP contribution in [0.25, 0.3) is 11.1 Å². The van der Waals surface area contributed by atoms with Gasteiger partial charge in [-0.15, -0.1) is 0 Å². The molecule has 1 heterocycles. The Labute approximate surface area is 187 Å². The van der Waals surface area contributed by atoms with Crippen LogP contribution in [0, 0.1) is 0 Å². The monoisotopic (exact) mass is 419 g/mol. The lowest BCUT2D eigenvalue weighted by molar-refractivity contribution is 0.114. The van der Waals surface area contributed by atoms with Crippen LogP contribution in [0.5, 0.6) is 0 Å². The number of benzene rings is 2. The molecule has 2 fully saturated rings. The van der Waals surface area contributed by atoms with Gasteiger partial charge in [-0.1, -0.05) is 60.2 Å². The molecule has 0 atom stereocenters. The fraction of sp³-hybridized carbons (Fsp3) is 0.481. The average Bonchev–Trinajstić information content (AvgIpc) is 2.84. The highest BCUT2D eigenvalue weighted by molar-refractivity contribution is 5.68. The minimum atomic E-state index is 0.272. The molecule has 1 aliphatic heterocycles. The van der Waals surface area contributed by atoms with Crippen molar-refractivity contribution in [2.24, 2.45) is 0 Å². The number of β-amino-alcohol motifs (C(OH)–C–C–N with tert-alkyl or cyclic N) is 1. The summed E-state index contributed by atoms with van der Waals surface area (Å²) in [4.78, 5) is 4.87. The number of rotatable bonds is 8. The summed E-state index contributed by atoms with van der Waals surface area (Å²) in [5.41, 5.74) is 5.82. The van der Waals surface area contributed by atoms with Gasteiger partial charge in [0.2, 0.25) is 0 Å². The van der Waals surface area contributed by atoms with Crippen molar-refractivity contribution in [3.8, 4) is 11.1 Å². The second-order valence-electron chi connectivity index (χ2n) is 8.89. The third-order valence-corrected chi connectivity index (χ3v) is 6.87. The van der Waals surface area contributed by atoms with Gasteiger partial charge in [-0.3, -0.25) is 9.80 Å². The van der Waals surface area contributed by atoms with E-state index in [1.54, 1.807) is 5.57 Å². The molecule has 0 aromatic heterocycles. The van der Waals surface area contributed by atoms with E-state index in [1.807, 2.05) is 0 Å². The SMILES string of the molecule is OCCN1CCN(CCNC=C2CCC(c3ccccc3-c3ccccc3)CC2)CC1. The zero-order valence-corrected chi connectivity index (χ0v) is 18.7. The maximum Gasteiger partial charge on any atom is 0.0558 e. The number of hydrogen-bond acceptors (Lipinski definition) is 4. The predicted octanol–water partition coefficient (Wildman–Crippen LogP) is 4.09. The van der Waals surface area contributed by atoms with E-state index >= 15 is 0 Å². The minimum Gasteiger partial charge on any atom is -0.395 e. The van der Waals surface area contributed by atoms with Crippen molar-refractivity contribution in [3.05, 3.63) is 71.9 Å². The molecule has 0 amide bonds. The van der Waals surface area contributed by atoms with Gasteiger partial charge in [0.15, 0.2) is 0 Å². The zero-order chi connectivity index (χ0) is 21.3. The van der Waals surface area contributed by atoms with Gasteiger partial charge in [-0.25, -0.2) is 0 Å². The fourth-order valence-electron chi connectivity index (χ4n) is 4.99. The Bertz CT molecular complexity index is 817. The molecule has 4 nitrogen and oxygen atoms in total. The van der Waals surface area contributed by atoms with Gasteiger partial charge in [-0.05, 0) is 54.5 Å². The molecule has 4 heteroatoms. The lowest BCUT2D eigenvalue weighted by Crippen LogP contribution is -2.48. The Morgan fingerprint density at radius 1 is 0.839 bits per heavy atom. The molecule has 1 saturated carbocycles. The lowest BCUT2D eigenvalue weighted by atomic mass is 9.79. The van der Waals surface area contributed by atoms with Crippen LogP contribution < -0.4 is 5.32 Å². The van der Waals surface area contributed by atoms with Crippen LogP contribution in [0.3, 0.4) is 0 Å². The Kier molecular flexibility index (Phi) is 8.17. The third kappa shape index (κ3) is 6.19. The highest BCUT2D eigenvalue weighted by Gasteiger charge is 2.21. The summed E-state index contributed by atoms with van der Waals surface area (Å²) in [6.45, 7) is 7.58. The third-order valence-electron chi connectivity index (χ3n) is 6.87. The van der Waals surface area contributed by atoms with E-state index in [1.165, 1.54) is 42.4 Å². The molecule has 31 heavy (non-hydrogen) atoms. The van der Waals surface area contributed by atoms with Crippen LogP contribution in [0.2, 0.25) is 0 Å². The molecule has 1 saturated heterocycles. The zero-order valence-electron chi connectivity index (χ0n) is 18.7.